The maximum Gasteiger partial charge on any atom is 0.348 e. The molecule has 136 valence electrons. The van der Waals surface area contributed by atoms with E-state index in [0.29, 0.717) is 27.1 Å². The summed E-state index contributed by atoms with van der Waals surface area (Å²) in [5, 5.41) is 0.333. The first-order valence-corrected chi connectivity index (χ1v) is 9.01. The van der Waals surface area contributed by atoms with Crippen LogP contribution < -0.4 is 5.56 Å². The molecule has 2 heterocycles. The highest BCUT2D eigenvalue weighted by molar-refractivity contribution is 7.20. The molecule has 2 rings (SSSR count). The monoisotopic (exact) mass is 366 g/mol. The molecule has 0 spiro atoms. The van der Waals surface area contributed by atoms with E-state index < -0.39 is 18.0 Å². The molecule has 0 radical (unpaired) electrons. The average Bonchev–Trinajstić information content (AvgIpc) is 2.92. The van der Waals surface area contributed by atoms with E-state index in [1.54, 1.807) is 20.8 Å². The van der Waals surface area contributed by atoms with E-state index in [0.717, 1.165) is 11.3 Å². The summed E-state index contributed by atoms with van der Waals surface area (Å²) in [4.78, 5) is 42.0. The van der Waals surface area contributed by atoms with Crippen molar-refractivity contribution in [2.45, 2.75) is 53.2 Å². The van der Waals surface area contributed by atoms with Crippen molar-refractivity contribution in [1.82, 2.24) is 9.55 Å². The van der Waals surface area contributed by atoms with Crippen LogP contribution in [0.1, 0.15) is 55.4 Å². The van der Waals surface area contributed by atoms with Gasteiger partial charge in [-0.2, -0.15) is 0 Å². The van der Waals surface area contributed by atoms with Crippen LogP contribution in [0.2, 0.25) is 0 Å². The third-order valence-electron chi connectivity index (χ3n) is 3.99. The first-order valence-electron chi connectivity index (χ1n) is 8.19. The molecule has 25 heavy (non-hydrogen) atoms. The minimum atomic E-state index is -0.792. The molecule has 0 aliphatic rings. The number of aryl methyl sites for hydroxylation is 1. The molecule has 0 bridgehead atoms. The number of hydrogen-bond acceptors (Lipinski definition) is 7. The van der Waals surface area contributed by atoms with E-state index in [9.17, 15) is 14.4 Å². The van der Waals surface area contributed by atoms with Gasteiger partial charge in [0.1, 0.15) is 15.7 Å². The van der Waals surface area contributed by atoms with Crippen molar-refractivity contribution in [2.24, 2.45) is 0 Å². The van der Waals surface area contributed by atoms with E-state index in [1.807, 2.05) is 13.8 Å². The van der Waals surface area contributed by atoms with Crippen molar-refractivity contribution in [1.29, 1.82) is 0 Å². The molecule has 0 aliphatic heterocycles. The molecule has 0 saturated carbocycles. The zero-order valence-electron chi connectivity index (χ0n) is 15.0. The number of carbonyl (C=O) groups excluding carboxylic acids is 2. The highest BCUT2D eigenvalue weighted by atomic mass is 32.1. The van der Waals surface area contributed by atoms with Gasteiger partial charge < -0.3 is 9.47 Å². The number of nitrogens with zero attached hydrogens (tertiary/aromatic N) is 2. The molecule has 0 fully saturated rings. The lowest BCUT2D eigenvalue weighted by Crippen LogP contribution is -2.29. The Labute approximate surface area is 149 Å². The first-order chi connectivity index (χ1) is 11.8. The summed E-state index contributed by atoms with van der Waals surface area (Å²) in [7, 11) is 0. The van der Waals surface area contributed by atoms with Crippen molar-refractivity contribution < 1.29 is 19.1 Å². The number of carbonyl (C=O) groups is 2. The molecule has 8 heteroatoms. The highest BCUT2D eigenvalue weighted by Crippen LogP contribution is 2.28. The summed E-state index contributed by atoms with van der Waals surface area (Å²) in [6.07, 6.45) is 1.81. The summed E-state index contributed by atoms with van der Waals surface area (Å²) in [6, 6.07) is -0.792. The van der Waals surface area contributed by atoms with Gasteiger partial charge in [0, 0.05) is 0 Å². The lowest BCUT2D eigenvalue weighted by atomic mass is 10.2. The number of ether oxygens (including phenoxy) is 2. The number of esters is 2. The molecule has 7 nitrogen and oxygen atoms in total. The second kappa shape index (κ2) is 7.77. The fourth-order valence-corrected chi connectivity index (χ4v) is 3.33. The number of thiophene rings is 1. The summed E-state index contributed by atoms with van der Waals surface area (Å²) < 4.78 is 11.5. The van der Waals surface area contributed by atoms with Crippen LogP contribution in [0.4, 0.5) is 0 Å². The summed E-state index contributed by atoms with van der Waals surface area (Å²) >= 11 is 1.12. The van der Waals surface area contributed by atoms with Crippen molar-refractivity contribution in [3.05, 3.63) is 27.1 Å². The zero-order chi connectivity index (χ0) is 18.7. The fraction of sp³-hybridized carbons (Fsp3) is 0.529. The number of aromatic nitrogens is 2. The topological polar surface area (TPSA) is 87.5 Å². The van der Waals surface area contributed by atoms with Crippen LogP contribution in [-0.2, 0) is 14.3 Å². The Kier molecular flexibility index (Phi) is 5.94. The van der Waals surface area contributed by atoms with Gasteiger partial charge in [0.25, 0.3) is 5.56 Å². The predicted octanol–water partition coefficient (Wildman–Crippen LogP) is 2.85. The van der Waals surface area contributed by atoms with Crippen LogP contribution in [0.15, 0.2) is 11.1 Å². The van der Waals surface area contributed by atoms with Crippen LogP contribution in [0, 0.1) is 6.92 Å². The van der Waals surface area contributed by atoms with Crippen molar-refractivity contribution in [2.75, 3.05) is 6.61 Å². The number of hydrogen-bond donors (Lipinski definition) is 0. The number of fused-ring (bicyclic) bond motifs is 1. The van der Waals surface area contributed by atoms with E-state index in [1.165, 1.54) is 10.9 Å². The second-order valence-electron chi connectivity index (χ2n) is 5.75. The Balaban J connectivity index is 2.48. The van der Waals surface area contributed by atoms with E-state index in [-0.39, 0.29) is 18.3 Å². The quantitative estimate of drug-likeness (QED) is 0.731. The summed E-state index contributed by atoms with van der Waals surface area (Å²) in [5.41, 5.74) is 0.151. The van der Waals surface area contributed by atoms with Gasteiger partial charge in [-0.3, -0.25) is 9.36 Å². The molecule has 0 amide bonds. The van der Waals surface area contributed by atoms with Gasteiger partial charge in [-0.05, 0) is 39.7 Å². The van der Waals surface area contributed by atoms with Crippen LogP contribution in [0.5, 0.6) is 0 Å². The second-order valence-corrected chi connectivity index (χ2v) is 6.74. The van der Waals surface area contributed by atoms with E-state index in [4.69, 9.17) is 9.47 Å². The van der Waals surface area contributed by atoms with Crippen LogP contribution >= 0.6 is 11.3 Å². The lowest BCUT2D eigenvalue weighted by molar-refractivity contribution is -0.146. The molecule has 0 aliphatic carbocycles. The van der Waals surface area contributed by atoms with Gasteiger partial charge in [-0.1, -0.05) is 6.92 Å². The molecular formula is C17H22N2O5S. The Morgan fingerprint density at radius 3 is 2.60 bits per heavy atom. The van der Waals surface area contributed by atoms with Crippen LogP contribution in [0.3, 0.4) is 0 Å². The molecule has 0 aromatic carbocycles. The average molecular weight is 366 g/mol. The minimum Gasteiger partial charge on any atom is -0.464 e. The van der Waals surface area contributed by atoms with E-state index in [2.05, 4.69) is 4.98 Å². The Hall–Kier alpha value is -2.22. The lowest BCUT2D eigenvalue weighted by Gasteiger charge is -2.13. The van der Waals surface area contributed by atoms with Gasteiger partial charge in [-0.15, -0.1) is 11.3 Å². The zero-order valence-corrected chi connectivity index (χ0v) is 15.8. The molecule has 2 unspecified atom stereocenters. The predicted molar refractivity (Wildman–Crippen MR) is 95.1 cm³/mol. The SMILES string of the molecule is CCOC(=O)C(C)n1cnc2sc(C(=O)OC(C)CC)c(C)c2c1=O. The third-order valence-corrected chi connectivity index (χ3v) is 5.17. The van der Waals surface area contributed by atoms with Crippen molar-refractivity contribution in [3.63, 3.8) is 0 Å². The maximum atomic E-state index is 12.8. The van der Waals surface area contributed by atoms with Crippen LogP contribution in [-0.4, -0.2) is 34.2 Å². The smallest absolute Gasteiger partial charge is 0.348 e. The fourth-order valence-electron chi connectivity index (χ4n) is 2.30. The molecule has 2 atom stereocenters. The van der Waals surface area contributed by atoms with Gasteiger partial charge in [0.15, 0.2) is 0 Å². The first kappa shape index (κ1) is 19.1. The summed E-state index contributed by atoms with van der Waals surface area (Å²) in [5.74, 6) is -0.964. The number of rotatable bonds is 6. The highest BCUT2D eigenvalue weighted by Gasteiger charge is 2.24. The van der Waals surface area contributed by atoms with Gasteiger partial charge in [-0.25, -0.2) is 14.6 Å². The van der Waals surface area contributed by atoms with Gasteiger partial charge >= 0.3 is 11.9 Å². The minimum absolute atomic E-state index is 0.203. The van der Waals surface area contributed by atoms with Gasteiger partial charge in [0.2, 0.25) is 0 Å². The molecule has 2 aromatic rings. The van der Waals surface area contributed by atoms with Gasteiger partial charge in [0.05, 0.1) is 24.4 Å². The maximum absolute atomic E-state index is 12.8. The Bertz CT molecular complexity index is 855. The Morgan fingerprint density at radius 2 is 2.00 bits per heavy atom. The molecular weight excluding hydrogens is 344 g/mol. The summed E-state index contributed by atoms with van der Waals surface area (Å²) in [6.45, 7) is 8.93. The standard InChI is InChI=1S/C17H22N2O5S/c1-6-9(3)24-17(22)13-10(4)12-14(25-13)18-8-19(15(12)20)11(5)16(21)23-7-2/h8-9,11H,6-7H2,1-5H3. The van der Waals surface area contributed by atoms with Crippen LogP contribution in [0.25, 0.3) is 10.2 Å². The molecule has 0 saturated heterocycles. The van der Waals surface area contributed by atoms with Crippen molar-refractivity contribution in [3.8, 4) is 0 Å². The van der Waals surface area contributed by atoms with E-state index >= 15 is 0 Å². The Morgan fingerprint density at radius 1 is 1.32 bits per heavy atom. The third kappa shape index (κ3) is 3.73. The normalized spacial score (nSPS) is 13.5. The molecule has 2 aromatic heterocycles. The molecule has 0 N–H and O–H groups in total. The van der Waals surface area contributed by atoms with Crippen molar-refractivity contribution >= 4 is 33.5 Å². The largest absolute Gasteiger partial charge is 0.464 e.